The number of hydrogen-bond donors (Lipinski definition) is 0. The number of ether oxygens (including phenoxy) is 3. The van der Waals surface area contributed by atoms with E-state index in [1.54, 1.807) is 0 Å². The molecule has 28 heavy (non-hydrogen) atoms. The number of fused-ring (bicyclic) bond motifs is 4. The average Bonchev–Trinajstić information content (AvgIpc) is 3.36. The Kier molecular flexibility index (Phi) is 4.05. The zero-order valence-electron chi connectivity index (χ0n) is 16.5. The summed E-state index contributed by atoms with van der Waals surface area (Å²) in [6, 6.07) is 12.7. The van der Waals surface area contributed by atoms with Crippen LogP contribution in [0, 0.1) is 0 Å². The van der Waals surface area contributed by atoms with Gasteiger partial charge in [-0.3, -0.25) is 0 Å². The summed E-state index contributed by atoms with van der Waals surface area (Å²) in [5.74, 6) is 3.73. The summed E-state index contributed by atoms with van der Waals surface area (Å²) in [5, 5.41) is 0. The van der Waals surface area contributed by atoms with Gasteiger partial charge in [0.1, 0.15) is 10.6 Å². The Hall–Kier alpha value is -2.27. The van der Waals surface area contributed by atoms with E-state index in [9.17, 15) is 0 Å². The standard InChI is InChI=1S/C23H25NO3S/c1-4-25-17-6-7-19-18(14-17)22(2,3)23(24(19)11-12-28-23)10-9-16-5-8-20-21(13-16)27-15-26-20/h5-10,13-14H,4,11-12,15H2,1-3H3/b10-9+. The molecule has 3 aliphatic rings. The second kappa shape index (κ2) is 6.38. The van der Waals surface area contributed by atoms with Crippen LogP contribution in [0.1, 0.15) is 31.9 Å². The maximum absolute atomic E-state index is 5.78. The molecule has 0 radical (unpaired) electrons. The number of anilines is 1. The van der Waals surface area contributed by atoms with Gasteiger partial charge in [-0.05, 0) is 54.5 Å². The summed E-state index contributed by atoms with van der Waals surface area (Å²) in [4.78, 5) is 2.46. The summed E-state index contributed by atoms with van der Waals surface area (Å²) in [7, 11) is 0. The molecule has 146 valence electrons. The van der Waals surface area contributed by atoms with Gasteiger partial charge in [0.15, 0.2) is 11.5 Å². The van der Waals surface area contributed by atoms with Crippen LogP contribution in [0.4, 0.5) is 5.69 Å². The first-order valence-electron chi connectivity index (χ1n) is 9.83. The Morgan fingerprint density at radius 3 is 2.86 bits per heavy atom. The summed E-state index contributed by atoms with van der Waals surface area (Å²) in [5.41, 5.74) is 3.78. The highest BCUT2D eigenvalue weighted by molar-refractivity contribution is 8.01. The van der Waals surface area contributed by atoms with Crippen molar-refractivity contribution in [2.24, 2.45) is 0 Å². The van der Waals surface area contributed by atoms with Gasteiger partial charge >= 0.3 is 0 Å². The highest BCUT2D eigenvalue weighted by atomic mass is 32.2. The Morgan fingerprint density at radius 1 is 1.14 bits per heavy atom. The minimum absolute atomic E-state index is 0.0382. The van der Waals surface area contributed by atoms with Crippen molar-refractivity contribution < 1.29 is 14.2 Å². The smallest absolute Gasteiger partial charge is 0.231 e. The van der Waals surface area contributed by atoms with Gasteiger partial charge in [0.25, 0.3) is 0 Å². The Morgan fingerprint density at radius 2 is 2.00 bits per heavy atom. The Labute approximate surface area is 170 Å². The number of rotatable bonds is 4. The van der Waals surface area contributed by atoms with E-state index in [1.807, 2.05) is 24.8 Å². The number of nitrogens with zero attached hydrogens (tertiary/aromatic N) is 1. The Bertz CT molecular complexity index is 955. The van der Waals surface area contributed by atoms with Gasteiger partial charge in [0.2, 0.25) is 6.79 Å². The molecule has 1 atom stereocenters. The van der Waals surface area contributed by atoms with Gasteiger partial charge in [-0.15, -0.1) is 11.8 Å². The molecule has 5 rings (SSSR count). The van der Waals surface area contributed by atoms with Crippen LogP contribution in [-0.4, -0.2) is 30.6 Å². The van der Waals surface area contributed by atoms with E-state index in [1.165, 1.54) is 11.3 Å². The zero-order chi connectivity index (χ0) is 19.4. The van der Waals surface area contributed by atoms with E-state index in [2.05, 4.69) is 61.2 Å². The lowest BCUT2D eigenvalue weighted by Gasteiger charge is -2.40. The lowest BCUT2D eigenvalue weighted by Crippen LogP contribution is -2.48. The van der Waals surface area contributed by atoms with Crippen molar-refractivity contribution in [2.45, 2.75) is 31.1 Å². The van der Waals surface area contributed by atoms with Crippen LogP contribution in [0.3, 0.4) is 0 Å². The molecule has 1 unspecified atom stereocenters. The van der Waals surface area contributed by atoms with E-state index in [0.29, 0.717) is 13.4 Å². The fourth-order valence-corrected chi connectivity index (χ4v) is 6.19. The average molecular weight is 396 g/mol. The van der Waals surface area contributed by atoms with E-state index in [-0.39, 0.29) is 10.3 Å². The quantitative estimate of drug-likeness (QED) is 0.722. The minimum Gasteiger partial charge on any atom is -0.494 e. The fourth-order valence-electron chi connectivity index (χ4n) is 4.63. The van der Waals surface area contributed by atoms with Crippen molar-refractivity contribution >= 4 is 23.5 Å². The monoisotopic (exact) mass is 395 g/mol. The van der Waals surface area contributed by atoms with Crippen molar-refractivity contribution in [2.75, 3.05) is 30.6 Å². The van der Waals surface area contributed by atoms with Crippen LogP contribution in [0.15, 0.2) is 42.5 Å². The maximum atomic E-state index is 5.78. The number of thioether (sulfide) groups is 1. The summed E-state index contributed by atoms with van der Waals surface area (Å²) in [6.45, 7) is 8.78. The SMILES string of the molecule is CCOc1ccc2c(c1)C(C)(C)C1(/C=C/c3ccc4c(c3)OCO4)SCCN21. The first-order chi connectivity index (χ1) is 13.5. The molecule has 0 spiro atoms. The topological polar surface area (TPSA) is 30.9 Å². The predicted octanol–water partition coefficient (Wildman–Crippen LogP) is 5.07. The molecule has 2 aromatic rings. The normalized spacial score (nSPS) is 23.9. The van der Waals surface area contributed by atoms with Crippen LogP contribution in [0.2, 0.25) is 0 Å². The molecule has 0 bridgehead atoms. The molecule has 0 N–H and O–H groups in total. The van der Waals surface area contributed by atoms with E-state index in [4.69, 9.17) is 14.2 Å². The lowest BCUT2D eigenvalue weighted by atomic mass is 9.79. The van der Waals surface area contributed by atoms with E-state index in [0.717, 1.165) is 35.1 Å². The molecule has 0 aromatic heterocycles. The van der Waals surface area contributed by atoms with Crippen molar-refractivity contribution in [3.63, 3.8) is 0 Å². The van der Waals surface area contributed by atoms with E-state index >= 15 is 0 Å². The molecule has 3 heterocycles. The third-order valence-corrected chi connectivity index (χ3v) is 7.77. The summed E-state index contributed by atoms with van der Waals surface area (Å²) >= 11 is 2.03. The minimum atomic E-state index is -0.101. The zero-order valence-corrected chi connectivity index (χ0v) is 17.3. The molecule has 3 aliphatic heterocycles. The van der Waals surface area contributed by atoms with Gasteiger partial charge in [0, 0.05) is 23.4 Å². The first-order valence-corrected chi connectivity index (χ1v) is 10.8. The predicted molar refractivity (Wildman–Crippen MR) is 115 cm³/mol. The molecule has 5 heteroatoms. The van der Waals surface area contributed by atoms with Crippen LogP contribution >= 0.6 is 11.8 Å². The molecule has 0 saturated carbocycles. The van der Waals surface area contributed by atoms with Crippen LogP contribution in [0.25, 0.3) is 6.08 Å². The van der Waals surface area contributed by atoms with Crippen molar-refractivity contribution in [3.05, 3.63) is 53.6 Å². The summed E-state index contributed by atoms with van der Waals surface area (Å²) in [6.07, 6.45) is 4.60. The van der Waals surface area contributed by atoms with Gasteiger partial charge < -0.3 is 19.1 Å². The molecule has 0 aliphatic carbocycles. The van der Waals surface area contributed by atoms with Gasteiger partial charge in [-0.1, -0.05) is 26.0 Å². The van der Waals surface area contributed by atoms with Crippen molar-refractivity contribution in [1.82, 2.24) is 0 Å². The highest BCUT2D eigenvalue weighted by Gasteiger charge is 2.58. The largest absolute Gasteiger partial charge is 0.494 e. The molecule has 2 aromatic carbocycles. The van der Waals surface area contributed by atoms with Crippen molar-refractivity contribution in [1.29, 1.82) is 0 Å². The molecular formula is C23H25NO3S. The Balaban J connectivity index is 1.54. The molecule has 0 amide bonds. The second-order valence-electron chi connectivity index (χ2n) is 7.88. The van der Waals surface area contributed by atoms with Gasteiger partial charge in [0.05, 0.1) is 6.61 Å². The third kappa shape index (κ3) is 2.45. The maximum Gasteiger partial charge on any atom is 0.231 e. The van der Waals surface area contributed by atoms with Crippen LogP contribution in [0.5, 0.6) is 17.2 Å². The number of hydrogen-bond acceptors (Lipinski definition) is 5. The lowest BCUT2D eigenvalue weighted by molar-refractivity contribution is 0.174. The van der Waals surface area contributed by atoms with Crippen LogP contribution < -0.4 is 19.1 Å². The molecule has 1 fully saturated rings. The molecule has 4 nitrogen and oxygen atoms in total. The second-order valence-corrected chi connectivity index (χ2v) is 9.20. The highest BCUT2D eigenvalue weighted by Crippen LogP contribution is 2.60. The van der Waals surface area contributed by atoms with Crippen molar-refractivity contribution in [3.8, 4) is 17.2 Å². The number of benzene rings is 2. The van der Waals surface area contributed by atoms with E-state index < -0.39 is 0 Å². The van der Waals surface area contributed by atoms with Gasteiger partial charge in [-0.2, -0.15) is 0 Å². The van der Waals surface area contributed by atoms with Crippen LogP contribution in [-0.2, 0) is 5.41 Å². The molecular weight excluding hydrogens is 370 g/mol. The third-order valence-electron chi connectivity index (χ3n) is 6.07. The molecule has 1 saturated heterocycles. The van der Waals surface area contributed by atoms with Gasteiger partial charge in [-0.25, -0.2) is 0 Å². The summed E-state index contributed by atoms with van der Waals surface area (Å²) < 4.78 is 16.8. The fraction of sp³-hybridized carbons (Fsp3) is 0.391. The first kappa shape index (κ1) is 17.8.